The van der Waals surface area contributed by atoms with Gasteiger partial charge in [0.15, 0.2) is 6.10 Å². The number of rotatable bonds is 7. The highest BCUT2D eigenvalue weighted by Gasteiger charge is 2.18. The predicted octanol–water partition coefficient (Wildman–Crippen LogP) is 0.965. The van der Waals surface area contributed by atoms with Crippen molar-refractivity contribution in [1.82, 2.24) is 0 Å². The molecule has 0 aliphatic carbocycles. The van der Waals surface area contributed by atoms with E-state index >= 15 is 0 Å². The molecule has 0 heterocycles. The van der Waals surface area contributed by atoms with Crippen molar-refractivity contribution in [2.45, 2.75) is 26.4 Å². The van der Waals surface area contributed by atoms with Crippen molar-refractivity contribution >= 4 is 20.2 Å². The van der Waals surface area contributed by atoms with Gasteiger partial charge in [0.05, 0.1) is 5.92 Å². The maximum Gasteiger partial charge on any atom is 0.334 e. The first-order chi connectivity index (χ1) is 7.02. The molecule has 0 fully saturated rings. The number of hydrogen-bond acceptors (Lipinski definition) is 4. The summed E-state index contributed by atoms with van der Waals surface area (Å²) in [6, 6.07) is 0. The van der Waals surface area contributed by atoms with Crippen LogP contribution in [-0.2, 0) is 19.1 Å². The van der Waals surface area contributed by atoms with Gasteiger partial charge in [-0.15, -0.1) is 6.58 Å². The second-order valence-electron chi connectivity index (χ2n) is 3.34. The number of Topliss-reactive ketones (excluding diaryl/α,β-unsaturated/α-hetero) is 1. The smallest absolute Gasteiger partial charge is 0.334 e. The van der Waals surface area contributed by atoms with Crippen LogP contribution in [0.3, 0.4) is 0 Å². The second-order valence-corrected chi connectivity index (χ2v) is 3.34. The van der Waals surface area contributed by atoms with Gasteiger partial charge in [-0.05, 0) is 20.3 Å². The lowest BCUT2D eigenvalue weighted by atomic mass is 10.0. The first-order valence-electron chi connectivity index (χ1n) is 4.83. The van der Waals surface area contributed by atoms with Crippen molar-refractivity contribution in [3.8, 4) is 0 Å². The van der Waals surface area contributed by atoms with E-state index in [9.17, 15) is 9.59 Å². The zero-order valence-corrected chi connectivity index (χ0v) is 10.1. The number of esters is 1. The van der Waals surface area contributed by atoms with Gasteiger partial charge < -0.3 is 9.47 Å². The fraction of sp³-hybridized carbons (Fsp3) is 0.636. The van der Waals surface area contributed by atoms with Crippen LogP contribution in [0, 0.1) is 5.92 Å². The van der Waals surface area contributed by atoms with Gasteiger partial charge >= 0.3 is 5.97 Å². The Hall–Kier alpha value is -1.10. The summed E-state index contributed by atoms with van der Waals surface area (Å²) >= 11 is 0. The Bertz CT molecular complexity index is 240. The quantitative estimate of drug-likeness (QED) is 0.368. The van der Waals surface area contributed by atoms with Crippen LogP contribution in [0.25, 0.3) is 0 Å². The Morgan fingerprint density at radius 3 is 2.38 bits per heavy atom. The molecule has 0 aromatic rings. The van der Waals surface area contributed by atoms with Gasteiger partial charge in [-0.2, -0.15) is 0 Å². The third kappa shape index (κ3) is 6.40. The molecule has 5 heteroatoms. The average molecular weight is 225 g/mol. The fourth-order valence-electron chi connectivity index (χ4n) is 0.949. The Kier molecular flexibility index (Phi) is 9.90. The Labute approximate surface area is 98.6 Å². The molecular weight excluding hydrogens is 207 g/mol. The number of ketones is 1. The van der Waals surface area contributed by atoms with Gasteiger partial charge in [0, 0.05) is 15.5 Å². The van der Waals surface area contributed by atoms with E-state index in [1.54, 1.807) is 13.0 Å². The van der Waals surface area contributed by atoms with Crippen molar-refractivity contribution in [2.75, 3.05) is 13.7 Å². The summed E-state index contributed by atoms with van der Waals surface area (Å²) in [6.45, 7) is 6.70. The second kappa shape index (κ2) is 9.15. The molecule has 0 aromatic carbocycles. The van der Waals surface area contributed by atoms with Crippen LogP contribution in [0.5, 0.6) is 0 Å². The maximum absolute atomic E-state index is 11.2. The summed E-state index contributed by atoms with van der Waals surface area (Å²) in [5, 5.41) is 0. The summed E-state index contributed by atoms with van der Waals surface area (Å²) in [5.74, 6) is -0.754. The van der Waals surface area contributed by atoms with Crippen LogP contribution in [0.1, 0.15) is 20.3 Å². The predicted molar refractivity (Wildman–Crippen MR) is 62.2 cm³/mol. The number of ether oxygens (including phenoxy) is 2. The van der Waals surface area contributed by atoms with Crippen LogP contribution in [-0.4, -0.2) is 40.0 Å². The number of allylic oxidation sites excluding steroid dienone is 1. The molecule has 0 bridgehead atoms. The lowest BCUT2D eigenvalue weighted by molar-refractivity contribution is -0.156. The van der Waals surface area contributed by atoms with Gasteiger partial charge in [0.25, 0.3) is 0 Å². The van der Waals surface area contributed by atoms with Crippen LogP contribution in [0.2, 0.25) is 0 Å². The third-order valence-electron chi connectivity index (χ3n) is 2.14. The molecule has 0 saturated heterocycles. The molecule has 89 valence electrons. The minimum Gasteiger partial charge on any atom is -0.463 e. The van der Waals surface area contributed by atoms with Crippen LogP contribution in [0.4, 0.5) is 0 Å². The molecule has 2 atom stereocenters. The molecule has 0 rings (SSSR count). The summed E-state index contributed by atoms with van der Waals surface area (Å²) in [6.07, 6.45) is 1.56. The molecule has 0 N–H and O–H groups in total. The molecule has 4 nitrogen and oxygen atoms in total. The van der Waals surface area contributed by atoms with Gasteiger partial charge in [-0.3, -0.25) is 4.79 Å². The number of hydrogen-bond donors (Lipinski definition) is 0. The Morgan fingerprint density at radius 1 is 1.44 bits per heavy atom. The third-order valence-corrected chi connectivity index (χ3v) is 2.14. The molecule has 2 unspecified atom stereocenters. The average Bonchev–Trinajstić information content (AvgIpc) is 2.21. The topological polar surface area (TPSA) is 52.6 Å². The molecule has 3 radical (unpaired) electrons. The van der Waals surface area contributed by atoms with Gasteiger partial charge in [0.1, 0.15) is 12.4 Å². The summed E-state index contributed by atoms with van der Waals surface area (Å²) < 4.78 is 9.72. The Balaban J connectivity index is 0. The molecular formula is C11H18BO4. The normalized spacial score (nSPS) is 13.2. The van der Waals surface area contributed by atoms with E-state index in [1.807, 2.05) is 0 Å². The van der Waals surface area contributed by atoms with Crippen molar-refractivity contribution in [2.24, 2.45) is 5.92 Å². The monoisotopic (exact) mass is 225 g/mol. The number of methoxy groups -OCH3 is 1. The zero-order chi connectivity index (χ0) is 11.8. The minimum atomic E-state index is -0.596. The standard InChI is InChI=1S/C11H18O4.B/c1-5-6-10(8(2)12)7-15-11(13)9(3)14-4;/h5,9-10H,1,6-7H2,2-4H3;. The first kappa shape index (κ1) is 17.3. The fourth-order valence-corrected chi connectivity index (χ4v) is 0.949. The highest BCUT2D eigenvalue weighted by atomic mass is 16.6. The van der Waals surface area contributed by atoms with E-state index in [1.165, 1.54) is 14.0 Å². The van der Waals surface area contributed by atoms with Gasteiger partial charge in [-0.1, -0.05) is 6.08 Å². The molecule has 0 aromatic heterocycles. The maximum atomic E-state index is 11.2. The largest absolute Gasteiger partial charge is 0.463 e. The van der Waals surface area contributed by atoms with Crippen molar-refractivity contribution in [3.05, 3.63) is 12.7 Å². The summed E-state index contributed by atoms with van der Waals surface area (Å²) in [7, 11) is 1.43. The molecule has 0 saturated carbocycles. The highest BCUT2D eigenvalue weighted by Crippen LogP contribution is 2.07. The van der Waals surface area contributed by atoms with E-state index in [0.717, 1.165) is 0 Å². The molecule has 0 amide bonds. The summed E-state index contributed by atoms with van der Waals surface area (Å²) in [4.78, 5) is 22.3. The van der Waals surface area contributed by atoms with Crippen LogP contribution in [0.15, 0.2) is 12.7 Å². The van der Waals surface area contributed by atoms with E-state index < -0.39 is 12.1 Å². The highest BCUT2D eigenvalue weighted by molar-refractivity contribution is 5.79. The van der Waals surface area contributed by atoms with Crippen molar-refractivity contribution in [3.63, 3.8) is 0 Å². The lowest BCUT2D eigenvalue weighted by Gasteiger charge is -2.14. The van der Waals surface area contributed by atoms with E-state index in [0.29, 0.717) is 6.42 Å². The van der Waals surface area contributed by atoms with Crippen LogP contribution >= 0.6 is 0 Å². The molecule has 0 aliphatic heterocycles. The van der Waals surface area contributed by atoms with E-state index in [-0.39, 0.29) is 26.7 Å². The SMILES string of the molecule is C=CCC(COC(=O)C(C)OC)C(C)=O.[B]. The molecule has 0 aliphatic rings. The van der Waals surface area contributed by atoms with Crippen LogP contribution < -0.4 is 0 Å². The zero-order valence-electron chi connectivity index (χ0n) is 10.1. The number of carbonyl (C=O) groups excluding carboxylic acids is 2. The Morgan fingerprint density at radius 2 is 2.00 bits per heavy atom. The lowest BCUT2D eigenvalue weighted by Crippen LogP contribution is -2.26. The van der Waals surface area contributed by atoms with Crippen molar-refractivity contribution < 1.29 is 19.1 Å². The number of carbonyl (C=O) groups is 2. The van der Waals surface area contributed by atoms with Gasteiger partial charge in [-0.25, -0.2) is 4.79 Å². The van der Waals surface area contributed by atoms with Crippen molar-refractivity contribution in [1.29, 1.82) is 0 Å². The molecule has 0 spiro atoms. The van der Waals surface area contributed by atoms with Gasteiger partial charge in [0.2, 0.25) is 0 Å². The first-order valence-corrected chi connectivity index (χ1v) is 4.83. The summed E-state index contributed by atoms with van der Waals surface area (Å²) in [5.41, 5.74) is 0. The van der Waals surface area contributed by atoms with E-state index in [2.05, 4.69) is 6.58 Å². The van der Waals surface area contributed by atoms with E-state index in [4.69, 9.17) is 9.47 Å². The minimum absolute atomic E-state index is 0. The molecule has 16 heavy (non-hydrogen) atoms.